The van der Waals surface area contributed by atoms with Gasteiger partial charge in [0.2, 0.25) is 5.43 Å². The SMILES string of the molecule is COc1c(N2C[C@@H]3CCCN(Cc4cnc(C)c(O)c4C)[C@@H]3C2)c(F)cc2c(=O)c(C(=O)O)cn(C3CC3)c12.Cl.Cl. The van der Waals surface area contributed by atoms with Gasteiger partial charge in [0.1, 0.15) is 17.0 Å². The summed E-state index contributed by atoms with van der Waals surface area (Å²) in [6, 6.07) is 1.42. The van der Waals surface area contributed by atoms with Crippen LogP contribution in [0.1, 0.15) is 58.9 Å². The molecule has 0 radical (unpaired) electrons. The number of rotatable bonds is 6. The van der Waals surface area contributed by atoms with Crippen LogP contribution in [0.15, 0.2) is 23.3 Å². The van der Waals surface area contributed by atoms with Crippen molar-refractivity contribution >= 4 is 47.4 Å². The third kappa shape index (κ3) is 5.21. The summed E-state index contributed by atoms with van der Waals surface area (Å²) in [6.07, 6.45) is 6.98. The Morgan fingerprint density at radius 2 is 1.93 bits per heavy atom. The number of carboxylic acid groups (broad SMARTS) is 1. The molecule has 41 heavy (non-hydrogen) atoms. The van der Waals surface area contributed by atoms with E-state index in [1.54, 1.807) is 11.5 Å². The number of ether oxygens (including phenoxy) is 1. The van der Waals surface area contributed by atoms with Gasteiger partial charge in [0, 0.05) is 44.1 Å². The Labute approximate surface area is 249 Å². The fourth-order valence-corrected chi connectivity index (χ4v) is 6.51. The van der Waals surface area contributed by atoms with Gasteiger partial charge >= 0.3 is 5.97 Å². The molecule has 6 rings (SSSR count). The first kappa shape index (κ1) is 30.9. The molecule has 0 unspecified atom stereocenters. The maximum absolute atomic E-state index is 15.9. The molecular weight excluding hydrogens is 574 g/mol. The van der Waals surface area contributed by atoms with Crippen molar-refractivity contribution in [3.63, 3.8) is 0 Å². The first-order chi connectivity index (χ1) is 18.7. The molecule has 3 fully saturated rings. The molecule has 222 valence electrons. The third-order valence-corrected chi connectivity index (χ3v) is 8.75. The topological polar surface area (TPSA) is 108 Å². The second-order valence-corrected chi connectivity index (χ2v) is 11.1. The number of aromatic nitrogens is 2. The van der Waals surface area contributed by atoms with Gasteiger partial charge in [-0.1, -0.05) is 0 Å². The summed E-state index contributed by atoms with van der Waals surface area (Å²) in [4.78, 5) is 33.6. The Kier molecular flexibility index (Phi) is 8.78. The molecule has 3 aromatic rings. The molecule has 12 heteroatoms. The Balaban J connectivity index is 0.00000194. The summed E-state index contributed by atoms with van der Waals surface area (Å²) in [6.45, 7) is 6.49. The number of piperidine rings is 1. The zero-order valence-electron chi connectivity index (χ0n) is 23.2. The lowest BCUT2D eigenvalue weighted by molar-refractivity contribution is 0.0694. The predicted octanol–water partition coefficient (Wildman–Crippen LogP) is 4.84. The van der Waals surface area contributed by atoms with E-state index in [2.05, 4.69) is 9.88 Å². The number of hydrogen-bond donors (Lipinski definition) is 2. The first-order valence-electron chi connectivity index (χ1n) is 13.5. The van der Waals surface area contributed by atoms with Crippen molar-refractivity contribution in [3.05, 3.63) is 56.9 Å². The van der Waals surface area contributed by atoms with Crippen molar-refractivity contribution in [1.29, 1.82) is 0 Å². The van der Waals surface area contributed by atoms with Crippen LogP contribution >= 0.6 is 24.8 Å². The maximum Gasteiger partial charge on any atom is 0.341 e. The number of aromatic carboxylic acids is 1. The van der Waals surface area contributed by atoms with Crippen LogP contribution in [0.5, 0.6) is 11.5 Å². The molecule has 9 nitrogen and oxygen atoms in total. The molecule has 4 heterocycles. The highest BCUT2D eigenvalue weighted by Crippen LogP contribution is 2.45. The van der Waals surface area contributed by atoms with Crippen LogP contribution in [0, 0.1) is 25.6 Å². The number of methoxy groups -OCH3 is 1. The zero-order valence-corrected chi connectivity index (χ0v) is 24.9. The average Bonchev–Trinajstić information content (AvgIpc) is 3.66. The maximum atomic E-state index is 15.9. The van der Waals surface area contributed by atoms with Crippen LogP contribution in [0.3, 0.4) is 0 Å². The minimum Gasteiger partial charge on any atom is -0.506 e. The molecule has 1 aromatic carbocycles. The number of hydrogen-bond acceptors (Lipinski definition) is 7. The number of carboxylic acids is 1. The molecule has 2 atom stereocenters. The number of carbonyl (C=O) groups is 1. The van der Waals surface area contributed by atoms with Gasteiger partial charge in [-0.3, -0.25) is 14.7 Å². The van der Waals surface area contributed by atoms with E-state index in [1.807, 2.05) is 18.0 Å². The lowest BCUT2D eigenvalue weighted by Crippen LogP contribution is -2.44. The van der Waals surface area contributed by atoms with Gasteiger partial charge in [0.05, 0.1) is 23.7 Å². The second kappa shape index (κ2) is 11.7. The smallest absolute Gasteiger partial charge is 0.341 e. The fourth-order valence-electron chi connectivity index (χ4n) is 6.51. The van der Waals surface area contributed by atoms with E-state index in [0.29, 0.717) is 42.5 Å². The number of fused-ring (bicyclic) bond motifs is 2. The zero-order chi connectivity index (χ0) is 27.6. The van der Waals surface area contributed by atoms with Crippen molar-refractivity contribution in [2.75, 3.05) is 31.6 Å². The highest BCUT2D eigenvalue weighted by molar-refractivity contribution is 5.97. The highest BCUT2D eigenvalue weighted by Gasteiger charge is 2.41. The highest BCUT2D eigenvalue weighted by atomic mass is 35.5. The van der Waals surface area contributed by atoms with E-state index < -0.39 is 17.2 Å². The summed E-state index contributed by atoms with van der Waals surface area (Å²) in [5.74, 6) is -1.08. The number of nitrogens with zero attached hydrogens (tertiary/aromatic N) is 4. The molecule has 0 bridgehead atoms. The minimum absolute atomic E-state index is 0. The molecule has 2 saturated heterocycles. The van der Waals surface area contributed by atoms with E-state index in [0.717, 1.165) is 43.4 Å². The summed E-state index contributed by atoms with van der Waals surface area (Å²) >= 11 is 0. The number of likely N-dealkylation sites (tertiary alicyclic amines) is 1. The standard InChI is InChI=1S/C29H33FN4O5.2ClH/c1-15-18(10-31-16(2)26(15)35)12-32-8-4-5-17-11-33(14-23(17)32)25-22(30)9-20-24(28(25)39-3)34(19-6-7-19)13-21(27(20)36)29(37)38;;/h9-10,13,17,19,23,35H,4-8,11-12,14H2,1-3H3,(H,37,38);2*1H/t17-,23+;;/m0../s1. The van der Waals surface area contributed by atoms with Crippen molar-refractivity contribution < 1.29 is 24.1 Å². The summed E-state index contributed by atoms with van der Waals surface area (Å²) < 4.78 is 23.5. The second-order valence-electron chi connectivity index (χ2n) is 11.1. The van der Waals surface area contributed by atoms with Crippen molar-refractivity contribution in [2.24, 2.45) is 5.92 Å². The molecule has 2 N–H and O–H groups in total. The lowest BCUT2D eigenvalue weighted by Gasteiger charge is -2.37. The number of halogens is 3. The first-order valence-corrected chi connectivity index (χ1v) is 13.5. The third-order valence-electron chi connectivity index (χ3n) is 8.75. The summed E-state index contributed by atoms with van der Waals surface area (Å²) in [5, 5.41) is 20.0. The van der Waals surface area contributed by atoms with Gasteiger partial charge in [-0.05, 0) is 69.2 Å². The van der Waals surface area contributed by atoms with Gasteiger partial charge in [-0.25, -0.2) is 9.18 Å². The van der Waals surface area contributed by atoms with Crippen molar-refractivity contribution in [2.45, 2.75) is 58.2 Å². The van der Waals surface area contributed by atoms with Crippen molar-refractivity contribution in [3.8, 4) is 11.5 Å². The quantitative estimate of drug-likeness (QED) is 0.409. The lowest BCUT2D eigenvalue weighted by atomic mass is 9.91. The number of aromatic hydroxyl groups is 1. The van der Waals surface area contributed by atoms with Crippen LogP contribution in [0.25, 0.3) is 10.9 Å². The Hall–Kier alpha value is -3.08. The van der Waals surface area contributed by atoms with Crippen LogP contribution in [0.4, 0.5) is 10.1 Å². The predicted molar refractivity (Wildman–Crippen MR) is 159 cm³/mol. The molecule has 2 aliphatic heterocycles. The van der Waals surface area contributed by atoms with Crippen LogP contribution < -0.4 is 15.1 Å². The molecule has 0 amide bonds. The van der Waals surface area contributed by atoms with Crippen LogP contribution in [0.2, 0.25) is 0 Å². The number of pyridine rings is 2. The van der Waals surface area contributed by atoms with Gasteiger partial charge < -0.3 is 24.4 Å². The fraction of sp³-hybridized carbons (Fsp3) is 0.483. The van der Waals surface area contributed by atoms with Crippen LogP contribution in [-0.2, 0) is 6.54 Å². The van der Waals surface area contributed by atoms with E-state index in [-0.39, 0.29) is 59.3 Å². The molecule has 2 aromatic heterocycles. The minimum atomic E-state index is -1.32. The van der Waals surface area contributed by atoms with E-state index in [4.69, 9.17) is 4.74 Å². The molecule has 1 saturated carbocycles. The summed E-state index contributed by atoms with van der Waals surface area (Å²) in [5.41, 5.74) is 2.13. The normalized spacial score (nSPS) is 20.3. The monoisotopic (exact) mass is 608 g/mol. The van der Waals surface area contributed by atoms with E-state index in [1.165, 1.54) is 19.4 Å². The average molecular weight is 610 g/mol. The Morgan fingerprint density at radius 1 is 1.20 bits per heavy atom. The van der Waals surface area contributed by atoms with E-state index in [9.17, 15) is 19.8 Å². The van der Waals surface area contributed by atoms with Gasteiger partial charge in [0.25, 0.3) is 0 Å². The van der Waals surface area contributed by atoms with Gasteiger partial charge in [-0.2, -0.15) is 0 Å². The van der Waals surface area contributed by atoms with E-state index >= 15 is 4.39 Å². The number of anilines is 1. The summed E-state index contributed by atoms with van der Waals surface area (Å²) in [7, 11) is 1.47. The Morgan fingerprint density at radius 3 is 2.59 bits per heavy atom. The number of benzene rings is 1. The molecule has 1 aliphatic carbocycles. The molecule has 0 spiro atoms. The van der Waals surface area contributed by atoms with Crippen molar-refractivity contribution in [1.82, 2.24) is 14.5 Å². The molecule has 3 aliphatic rings. The molecular formula is C29H35Cl2FN4O5. The largest absolute Gasteiger partial charge is 0.506 e. The Bertz CT molecular complexity index is 1560. The number of aryl methyl sites for hydroxylation is 1. The van der Waals surface area contributed by atoms with Gasteiger partial charge in [-0.15, -0.1) is 24.8 Å². The van der Waals surface area contributed by atoms with Crippen LogP contribution in [-0.4, -0.2) is 63.4 Å². The van der Waals surface area contributed by atoms with Gasteiger partial charge in [0.15, 0.2) is 11.6 Å².